The van der Waals surface area contributed by atoms with Crippen LogP contribution >= 0.6 is 11.6 Å². The lowest BCUT2D eigenvalue weighted by molar-refractivity contribution is 0.355. The molecule has 0 saturated heterocycles. The second-order valence-corrected chi connectivity index (χ2v) is 6.60. The van der Waals surface area contributed by atoms with Crippen LogP contribution < -0.4 is 20.1 Å². The fraction of sp³-hybridized carbons (Fsp3) is 0.238. The summed E-state index contributed by atoms with van der Waals surface area (Å²) >= 11 is 5.94. The van der Waals surface area contributed by atoms with E-state index in [2.05, 4.69) is 20.7 Å². The molecule has 1 heterocycles. The zero-order chi connectivity index (χ0) is 20.6. The first kappa shape index (κ1) is 20.5. The maximum atomic E-state index is 5.94. The average molecular weight is 414 g/mol. The van der Waals surface area contributed by atoms with Gasteiger partial charge in [0.05, 0.1) is 32.6 Å². The molecule has 8 heteroatoms. The maximum absolute atomic E-state index is 5.94. The molecule has 0 bridgehead atoms. The van der Waals surface area contributed by atoms with Crippen LogP contribution in [0.2, 0.25) is 5.02 Å². The van der Waals surface area contributed by atoms with Crippen molar-refractivity contribution in [1.82, 2.24) is 15.1 Å². The minimum absolute atomic E-state index is 0.482. The Morgan fingerprint density at radius 3 is 2.55 bits per heavy atom. The molecule has 0 saturated carbocycles. The van der Waals surface area contributed by atoms with E-state index in [-0.39, 0.29) is 0 Å². The van der Waals surface area contributed by atoms with Crippen LogP contribution in [0.25, 0.3) is 5.69 Å². The van der Waals surface area contributed by atoms with E-state index in [1.807, 2.05) is 55.6 Å². The third-order valence-corrected chi connectivity index (χ3v) is 4.39. The van der Waals surface area contributed by atoms with E-state index >= 15 is 0 Å². The Bertz CT molecular complexity index is 969. The molecular formula is C21H24ClN5O2. The molecule has 2 aromatic carbocycles. The van der Waals surface area contributed by atoms with Gasteiger partial charge in [0.2, 0.25) is 0 Å². The molecule has 0 unspecified atom stereocenters. The Kier molecular flexibility index (Phi) is 6.97. The van der Waals surface area contributed by atoms with Gasteiger partial charge in [-0.15, -0.1) is 0 Å². The molecule has 0 fully saturated rings. The van der Waals surface area contributed by atoms with E-state index in [9.17, 15) is 0 Å². The number of nitrogens with one attached hydrogen (secondary N) is 2. The Morgan fingerprint density at radius 1 is 1.10 bits per heavy atom. The minimum Gasteiger partial charge on any atom is -0.493 e. The van der Waals surface area contributed by atoms with Crippen molar-refractivity contribution in [2.24, 2.45) is 4.99 Å². The normalized spacial score (nSPS) is 11.2. The number of aliphatic imine (C=N–C) groups is 1. The van der Waals surface area contributed by atoms with Gasteiger partial charge < -0.3 is 20.1 Å². The number of ether oxygens (including phenoxy) is 2. The van der Waals surface area contributed by atoms with Gasteiger partial charge in [-0.25, -0.2) is 9.67 Å². The van der Waals surface area contributed by atoms with Crippen molar-refractivity contribution < 1.29 is 9.47 Å². The summed E-state index contributed by atoms with van der Waals surface area (Å²) in [6, 6.07) is 13.1. The number of hydrogen-bond donors (Lipinski definition) is 2. The van der Waals surface area contributed by atoms with E-state index < -0.39 is 0 Å². The van der Waals surface area contributed by atoms with Gasteiger partial charge in [0.1, 0.15) is 0 Å². The van der Waals surface area contributed by atoms with Gasteiger partial charge in [0, 0.05) is 35.1 Å². The highest BCUT2D eigenvalue weighted by Gasteiger charge is 2.07. The summed E-state index contributed by atoms with van der Waals surface area (Å²) in [6.07, 6.45) is 3.75. The van der Waals surface area contributed by atoms with Crippen molar-refractivity contribution in [2.75, 3.05) is 26.1 Å². The largest absolute Gasteiger partial charge is 0.493 e. The van der Waals surface area contributed by atoms with E-state index in [1.165, 1.54) is 0 Å². The second kappa shape index (κ2) is 9.84. The summed E-state index contributed by atoms with van der Waals surface area (Å²) < 4.78 is 12.4. The molecule has 0 atom stereocenters. The van der Waals surface area contributed by atoms with E-state index in [0.717, 1.165) is 23.5 Å². The van der Waals surface area contributed by atoms with Crippen molar-refractivity contribution in [2.45, 2.75) is 13.5 Å². The Hall–Kier alpha value is -3.19. The standard InChI is InChI=1S/C21H24ClN5O2/c1-4-23-21(26-17-7-10-19(28-2)20(11-17)29-3)24-12-15-13-25-27(14-15)18-8-5-16(22)6-9-18/h5-11,13-14H,4,12H2,1-3H3,(H2,23,24,26). The first-order chi connectivity index (χ1) is 14.1. The van der Waals surface area contributed by atoms with Crippen LogP contribution in [0.15, 0.2) is 59.9 Å². The zero-order valence-corrected chi connectivity index (χ0v) is 17.4. The number of nitrogens with zero attached hydrogens (tertiary/aromatic N) is 3. The Balaban J connectivity index is 1.72. The van der Waals surface area contributed by atoms with Crippen molar-refractivity contribution in [3.63, 3.8) is 0 Å². The van der Waals surface area contributed by atoms with Gasteiger partial charge in [-0.05, 0) is 43.3 Å². The molecule has 0 amide bonds. The molecule has 152 valence electrons. The molecule has 2 N–H and O–H groups in total. The third kappa shape index (κ3) is 5.42. The third-order valence-electron chi connectivity index (χ3n) is 4.14. The SMILES string of the molecule is CCNC(=NCc1cnn(-c2ccc(Cl)cc2)c1)Nc1ccc(OC)c(OC)c1. The monoisotopic (exact) mass is 413 g/mol. The topological polar surface area (TPSA) is 72.7 Å². The minimum atomic E-state index is 0.482. The van der Waals surface area contributed by atoms with Gasteiger partial charge in [-0.2, -0.15) is 5.10 Å². The van der Waals surface area contributed by atoms with E-state index in [0.29, 0.717) is 29.0 Å². The number of halogens is 1. The molecule has 0 aliphatic rings. The number of guanidine groups is 1. The van der Waals surface area contributed by atoms with Crippen LogP contribution in [-0.4, -0.2) is 36.5 Å². The summed E-state index contributed by atoms with van der Waals surface area (Å²) in [7, 11) is 3.22. The molecule has 0 radical (unpaired) electrons. The van der Waals surface area contributed by atoms with Crippen LogP contribution in [-0.2, 0) is 6.54 Å². The predicted molar refractivity (Wildman–Crippen MR) is 117 cm³/mol. The van der Waals surface area contributed by atoms with Crippen LogP contribution in [0.3, 0.4) is 0 Å². The van der Waals surface area contributed by atoms with Crippen molar-refractivity contribution in [1.29, 1.82) is 0 Å². The molecule has 0 spiro atoms. The summed E-state index contributed by atoms with van der Waals surface area (Å²) in [5.41, 5.74) is 2.78. The van der Waals surface area contributed by atoms with E-state index in [1.54, 1.807) is 25.1 Å². The number of anilines is 1. The fourth-order valence-electron chi connectivity index (χ4n) is 2.70. The lowest BCUT2D eigenvalue weighted by atomic mass is 10.2. The molecule has 3 aromatic rings. The molecule has 3 rings (SSSR count). The van der Waals surface area contributed by atoms with Gasteiger partial charge in [-0.3, -0.25) is 0 Å². The molecule has 29 heavy (non-hydrogen) atoms. The maximum Gasteiger partial charge on any atom is 0.196 e. The second-order valence-electron chi connectivity index (χ2n) is 6.16. The van der Waals surface area contributed by atoms with E-state index in [4.69, 9.17) is 21.1 Å². The van der Waals surface area contributed by atoms with Crippen LogP contribution in [0, 0.1) is 0 Å². The zero-order valence-electron chi connectivity index (χ0n) is 16.6. The lowest BCUT2D eigenvalue weighted by Crippen LogP contribution is -2.30. The molecule has 0 aliphatic carbocycles. The number of aromatic nitrogens is 2. The summed E-state index contributed by atoms with van der Waals surface area (Å²) in [4.78, 5) is 4.65. The van der Waals surface area contributed by atoms with Crippen molar-refractivity contribution >= 4 is 23.2 Å². The highest BCUT2D eigenvalue weighted by molar-refractivity contribution is 6.30. The van der Waals surface area contributed by atoms with Gasteiger partial charge in [-0.1, -0.05) is 11.6 Å². The average Bonchev–Trinajstić information content (AvgIpc) is 3.21. The van der Waals surface area contributed by atoms with Crippen molar-refractivity contribution in [3.05, 3.63) is 65.4 Å². The number of methoxy groups -OCH3 is 2. The number of rotatable bonds is 7. The highest BCUT2D eigenvalue weighted by Crippen LogP contribution is 2.29. The van der Waals surface area contributed by atoms with Gasteiger partial charge >= 0.3 is 0 Å². The first-order valence-electron chi connectivity index (χ1n) is 9.19. The summed E-state index contributed by atoms with van der Waals surface area (Å²) in [5, 5.41) is 11.6. The summed E-state index contributed by atoms with van der Waals surface area (Å²) in [6.45, 7) is 3.24. The van der Waals surface area contributed by atoms with Gasteiger partial charge in [0.15, 0.2) is 17.5 Å². The quantitative estimate of drug-likeness (QED) is 0.450. The molecule has 0 aliphatic heterocycles. The highest BCUT2D eigenvalue weighted by atomic mass is 35.5. The number of benzene rings is 2. The molecular weight excluding hydrogens is 390 g/mol. The fourth-order valence-corrected chi connectivity index (χ4v) is 2.83. The molecule has 7 nitrogen and oxygen atoms in total. The van der Waals surface area contributed by atoms with Crippen LogP contribution in [0.1, 0.15) is 12.5 Å². The Morgan fingerprint density at radius 2 is 1.86 bits per heavy atom. The first-order valence-corrected chi connectivity index (χ1v) is 9.57. The Labute approximate surface area is 175 Å². The summed E-state index contributed by atoms with van der Waals surface area (Å²) in [5.74, 6) is 1.99. The number of hydrogen-bond acceptors (Lipinski definition) is 4. The predicted octanol–water partition coefficient (Wildman–Crippen LogP) is 4.12. The van der Waals surface area contributed by atoms with Gasteiger partial charge in [0.25, 0.3) is 0 Å². The van der Waals surface area contributed by atoms with Crippen LogP contribution in [0.4, 0.5) is 5.69 Å². The lowest BCUT2D eigenvalue weighted by Gasteiger charge is -2.13. The van der Waals surface area contributed by atoms with Crippen molar-refractivity contribution in [3.8, 4) is 17.2 Å². The smallest absolute Gasteiger partial charge is 0.196 e. The van der Waals surface area contributed by atoms with Crippen LogP contribution in [0.5, 0.6) is 11.5 Å². The molecule has 1 aromatic heterocycles.